The quantitative estimate of drug-likeness (QED) is 0.436. The third-order valence-corrected chi connectivity index (χ3v) is 4.37. The van der Waals surface area contributed by atoms with Gasteiger partial charge in [0, 0.05) is 17.1 Å². The topological polar surface area (TPSA) is 107 Å². The molecule has 0 aliphatic carbocycles. The highest BCUT2D eigenvalue weighted by molar-refractivity contribution is 7.80. The summed E-state index contributed by atoms with van der Waals surface area (Å²) in [5.74, 6) is 0.818. The van der Waals surface area contributed by atoms with Crippen LogP contribution in [-0.4, -0.2) is 34.0 Å². The van der Waals surface area contributed by atoms with Crippen molar-refractivity contribution < 1.29 is 14.3 Å². The number of amides is 1. The number of carbonyl (C=O) groups is 1. The molecule has 1 aliphatic heterocycles. The average Bonchev–Trinajstić information content (AvgIpc) is 2.74. The van der Waals surface area contributed by atoms with E-state index in [1.807, 2.05) is 6.07 Å². The lowest BCUT2D eigenvalue weighted by Gasteiger charge is -2.19. The van der Waals surface area contributed by atoms with E-state index in [-0.39, 0.29) is 17.2 Å². The number of anilines is 1. The molecule has 0 unspecified atom stereocenters. The number of rotatable bonds is 3. The summed E-state index contributed by atoms with van der Waals surface area (Å²) in [7, 11) is 0. The van der Waals surface area contributed by atoms with E-state index in [1.54, 1.807) is 42.6 Å². The maximum absolute atomic E-state index is 12.4. The number of nitrogens with zero attached hydrogens (tertiary/aromatic N) is 2. The molecule has 4 rings (SSSR count). The number of ether oxygens (including phenoxy) is 2. The summed E-state index contributed by atoms with van der Waals surface area (Å²) >= 11 is 5.17. The van der Waals surface area contributed by atoms with E-state index in [4.69, 9.17) is 21.7 Å². The molecule has 0 radical (unpaired) electrons. The minimum atomic E-state index is -0.471. The van der Waals surface area contributed by atoms with Crippen LogP contribution in [0.25, 0.3) is 10.8 Å². The monoisotopic (exact) mass is 411 g/mol. The van der Waals surface area contributed by atoms with Gasteiger partial charge in [0.15, 0.2) is 16.6 Å². The van der Waals surface area contributed by atoms with Crippen LogP contribution in [0.2, 0.25) is 0 Å². The van der Waals surface area contributed by atoms with Gasteiger partial charge in [-0.25, -0.2) is 4.68 Å². The zero-order valence-electron chi connectivity index (χ0n) is 15.2. The summed E-state index contributed by atoms with van der Waals surface area (Å²) in [6.45, 7) is 0.752. The molecule has 1 aromatic heterocycles. The normalized spacial score (nSPS) is 12.3. The molecule has 9 nitrogen and oxygen atoms in total. The van der Waals surface area contributed by atoms with Gasteiger partial charge in [0.2, 0.25) is 0 Å². The van der Waals surface area contributed by atoms with Crippen LogP contribution in [0.3, 0.4) is 0 Å². The van der Waals surface area contributed by atoms with E-state index in [2.05, 4.69) is 21.3 Å². The first-order valence-electron chi connectivity index (χ1n) is 8.80. The Labute approximate surface area is 170 Å². The first-order chi connectivity index (χ1) is 14.1. The lowest BCUT2D eigenvalue weighted by atomic mass is 10.2. The third kappa shape index (κ3) is 4.27. The standard InChI is InChI=1S/C19H17N5O4S/c25-17(11-24-18(26)14-4-2-1-3-12(14)10-20-24)22-23-19(29)21-13-5-6-15-16(9-13)28-8-7-27-15/h1-6,9-10H,7-8,11H2,(H,22,25)(H2,21,23,29). The smallest absolute Gasteiger partial charge is 0.275 e. The maximum atomic E-state index is 12.4. The summed E-state index contributed by atoms with van der Waals surface area (Å²) in [6.07, 6.45) is 1.55. The molecule has 10 heteroatoms. The van der Waals surface area contributed by atoms with Crippen LogP contribution in [0.4, 0.5) is 5.69 Å². The lowest BCUT2D eigenvalue weighted by Crippen LogP contribution is -2.46. The van der Waals surface area contributed by atoms with Crippen molar-refractivity contribution in [1.29, 1.82) is 0 Å². The highest BCUT2D eigenvalue weighted by Gasteiger charge is 2.12. The van der Waals surface area contributed by atoms with Crippen molar-refractivity contribution in [1.82, 2.24) is 20.6 Å². The third-order valence-electron chi connectivity index (χ3n) is 4.17. The van der Waals surface area contributed by atoms with Crippen LogP contribution in [0.15, 0.2) is 53.5 Å². The predicted octanol–water partition coefficient (Wildman–Crippen LogP) is 1.19. The largest absolute Gasteiger partial charge is 0.486 e. The molecule has 29 heavy (non-hydrogen) atoms. The van der Waals surface area contributed by atoms with Gasteiger partial charge in [-0.1, -0.05) is 18.2 Å². The molecule has 2 heterocycles. The molecule has 0 fully saturated rings. The molecule has 0 spiro atoms. The van der Waals surface area contributed by atoms with Gasteiger partial charge in [-0.15, -0.1) is 0 Å². The van der Waals surface area contributed by atoms with Gasteiger partial charge < -0.3 is 14.8 Å². The first kappa shape index (κ1) is 18.7. The van der Waals surface area contributed by atoms with Crippen molar-refractivity contribution in [2.75, 3.05) is 18.5 Å². The van der Waals surface area contributed by atoms with Gasteiger partial charge in [0.05, 0.1) is 11.6 Å². The second-order valence-corrected chi connectivity index (χ2v) is 6.59. The van der Waals surface area contributed by atoms with Crippen LogP contribution in [0.1, 0.15) is 0 Å². The highest BCUT2D eigenvalue weighted by Crippen LogP contribution is 2.32. The number of hydrazine groups is 1. The molecule has 3 N–H and O–H groups in total. The van der Waals surface area contributed by atoms with Crippen LogP contribution in [-0.2, 0) is 11.3 Å². The Morgan fingerprint density at radius 2 is 1.90 bits per heavy atom. The Morgan fingerprint density at radius 3 is 2.76 bits per heavy atom. The second-order valence-electron chi connectivity index (χ2n) is 6.18. The molecular formula is C19H17N5O4S. The van der Waals surface area contributed by atoms with Gasteiger partial charge in [0.25, 0.3) is 11.5 Å². The number of aromatic nitrogens is 2. The molecule has 0 bridgehead atoms. The highest BCUT2D eigenvalue weighted by atomic mass is 32.1. The van der Waals surface area contributed by atoms with Crippen LogP contribution >= 0.6 is 12.2 Å². The fourth-order valence-electron chi connectivity index (χ4n) is 2.83. The molecule has 3 aromatic rings. The van der Waals surface area contributed by atoms with Crippen molar-refractivity contribution in [2.24, 2.45) is 0 Å². The summed E-state index contributed by atoms with van der Waals surface area (Å²) in [4.78, 5) is 24.6. The number of hydrogen-bond acceptors (Lipinski definition) is 6. The number of fused-ring (bicyclic) bond motifs is 2. The number of carbonyl (C=O) groups excluding carboxylic acids is 1. The summed E-state index contributed by atoms with van der Waals surface area (Å²) in [5, 5.41) is 8.35. The van der Waals surface area contributed by atoms with Crippen molar-refractivity contribution in [3.8, 4) is 11.5 Å². The second kappa shape index (κ2) is 8.15. The summed E-state index contributed by atoms with van der Waals surface area (Å²) < 4.78 is 12.1. The van der Waals surface area contributed by atoms with Crippen molar-refractivity contribution >= 4 is 39.7 Å². The van der Waals surface area contributed by atoms with E-state index in [9.17, 15) is 9.59 Å². The molecule has 1 aliphatic rings. The number of thiocarbonyl (C=S) groups is 1. The lowest BCUT2D eigenvalue weighted by molar-refractivity contribution is -0.122. The van der Waals surface area contributed by atoms with E-state index in [0.29, 0.717) is 35.8 Å². The molecular weight excluding hydrogens is 394 g/mol. The number of nitrogens with one attached hydrogen (secondary N) is 3. The molecule has 148 valence electrons. The van der Waals surface area contributed by atoms with Crippen molar-refractivity contribution in [3.05, 3.63) is 59.0 Å². The zero-order valence-corrected chi connectivity index (χ0v) is 16.0. The van der Waals surface area contributed by atoms with E-state index >= 15 is 0 Å². The van der Waals surface area contributed by atoms with Gasteiger partial charge in [0.1, 0.15) is 19.8 Å². The van der Waals surface area contributed by atoms with E-state index in [0.717, 1.165) is 10.1 Å². The van der Waals surface area contributed by atoms with E-state index < -0.39 is 5.91 Å². The SMILES string of the molecule is O=C(Cn1ncc2ccccc2c1=O)NNC(=S)Nc1ccc2c(c1)OCCO2. The van der Waals surface area contributed by atoms with E-state index in [1.165, 1.54) is 0 Å². The summed E-state index contributed by atoms with van der Waals surface area (Å²) in [6, 6.07) is 12.4. The molecule has 1 amide bonds. The molecule has 0 atom stereocenters. The Kier molecular flexibility index (Phi) is 5.25. The maximum Gasteiger partial charge on any atom is 0.275 e. The van der Waals surface area contributed by atoms with Gasteiger partial charge >= 0.3 is 0 Å². The minimum absolute atomic E-state index is 0.175. The Morgan fingerprint density at radius 1 is 1.10 bits per heavy atom. The van der Waals surface area contributed by atoms with Crippen LogP contribution in [0, 0.1) is 0 Å². The van der Waals surface area contributed by atoms with Crippen molar-refractivity contribution in [2.45, 2.75) is 6.54 Å². The zero-order chi connectivity index (χ0) is 20.2. The molecule has 0 saturated heterocycles. The fourth-order valence-corrected chi connectivity index (χ4v) is 2.99. The average molecular weight is 411 g/mol. The number of benzene rings is 2. The van der Waals surface area contributed by atoms with Gasteiger partial charge in [-0.05, 0) is 30.4 Å². The molecule has 0 saturated carbocycles. The van der Waals surface area contributed by atoms with Gasteiger partial charge in [-0.3, -0.25) is 20.4 Å². The van der Waals surface area contributed by atoms with Crippen molar-refractivity contribution in [3.63, 3.8) is 0 Å². The predicted molar refractivity (Wildman–Crippen MR) is 111 cm³/mol. The Balaban J connectivity index is 1.33. The molecule has 2 aromatic carbocycles. The Bertz CT molecular complexity index is 1150. The Hall–Kier alpha value is -3.66. The van der Waals surface area contributed by atoms with Gasteiger partial charge in [-0.2, -0.15) is 5.10 Å². The first-order valence-corrected chi connectivity index (χ1v) is 9.21. The fraction of sp³-hybridized carbons (Fsp3) is 0.158. The van der Waals surface area contributed by atoms with Crippen LogP contribution in [0.5, 0.6) is 11.5 Å². The summed E-state index contributed by atoms with van der Waals surface area (Å²) in [5.41, 5.74) is 5.37. The van der Waals surface area contributed by atoms with Crippen LogP contribution < -0.4 is 31.2 Å². The minimum Gasteiger partial charge on any atom is -0.486 e. The number of hydrogen-bond donors (Lipinski definition) is 3.